The Morgan fingerprint density at radius 1 is 1.33 bits per heavy atom. The van der Waals surface area contributed by atoms with Gasteiger partial charge >= 0.3 is 18.9 Å². The summed E-state index contributed by atoms with van der Waals surface area (Å²) in [4.78, 5) is 0. The zero-order chi connectivity index (χ0) is 4.28. The van der Waals surface area contributed by atoms with Crippen LogP contribution in [0.1, 0.15) is 27.2 Å². The van der Waals surface area contributed by atoms with Gasteiger partial charge in [0.25, 0.3) is 0 Å². The summed E-state index contributed by atoms with van der Waals surface area (Å²) in [5.74, 6) is 1.50. The van der Waals surface area contributed by atoms with Gasteiger partial charge in [0, 0.05) is 0 Å². The Balaban J connectivity index is 0. The maximum absolute atomic E-state index is 2.16. The van der Waals surface area contributed by atoms with E-state index in [1.54, 1.807) is 0 Å². The molecule has 0 aliphatic carbocycles. The monoisotopic (exact) mass is 78.1 g/mol. The van der Waals surface area contributed by atoms with Crippen LogP contribution in [0.2, 0.25) is 0 Å². The van der Waals surface area contributed by atoms with Crippen LogP contribution < -0.4 is 18.9 Å². The average Bonchev–Trinajstić information content (AvgIpc) is 1.38. The van der Waals surface area contributed by atoms with Crippen molar-refractivity contribution in [3.05, 3.63) is 5.92 Å². The summed E-state index contributed by atoms with van der Waals surface area (Å²) in [6, 6.07) is 0. The van der Waals surface area contributed by atoms with E-state index in [1.807, 2.05) is 0 Å². The van der Waals surface area contributed by atoms with Crippen LogP contribution in [0.4, 0.5) is 0 Å². The van der Waals surface area contributed by atoms with Crippen LogP contribution in [0.15, 0.2) is 0 Å². The molecule has 0 aliphatic heterocycles. The third kappa shape index (κ3) is 8.82. The van der Waals surface area contributed by atoms with E-state index < -0.39 is 0 Å². The molecule has 0 radical (unpaired) electrons. The van der Waals surface area contributed by atoms with Gasteiger partial charge in [0.1, 0.15) is 0 Å². The summed E-state index contributed by atoms with van der Waals surface area (Å²) in [5.41, 5.74) is 0. The van der Waals surface area contributed by atoms with Crippen LogP contribution in [0.25, 0.3) is 0 Å². The van der Waals surface area contributed by atoms with E-state index in [-0.39, 0.29) is 18.9 Å². The Labute approximate surface area is 52.5 Å². The Morgan fingerprint density at radius 3 is 1.50 bits per heavy atom. The first-order valence-electron chi connectivity index (χ1n) is 2.06. The molecule has 0 bridgehead atoms. The molecule has 0 amide bonds. The van der Waals surface area contributed by atoms with Crippen molar-refractivity contribution in [3.8, 4) is 0 Å². The van der Waals surface area contributed by atoms with Crippen molar-refractivity contribution in [2.24, 2.45) is 0 Å². The molecule has 0 saturated carbocycles. The summed E-state index contributed by atoms with van der Waals surface area (Å²) >= 11 is 0. The van der Waals surface area contributed by atoms with E-state index in [0.717, 1.165) is 0 Å². The third-order valence-electron chi connectivity index (χ3n) is 0.707. The Kier molecular flexibility index (Phi) is 9.12. The second kappa shape index (κ2) is 5.60. The molecule has 0 fully saturated rings. The van der Waals surface area contributed by atoms with Gasteiger partial charge in [-0.3, -0.25) is 0 Å². The normalized spacial score (nSPS) is 8.00. The molecule has 32 valence electrons. The Hall–Kier alpha value is 0.597. The maximum atomic E-state index is 2.16. The fourth-order valence-corrected chi connectivity index (χ4v) is 0. The molecule has 0 nitrogen and oxygen atoms in total. The van der Waals surface area contributed by atoms with Crippen molar-refractivity contribution < 1.29 is 18.9 Å². The van der Waals surface area contributed by atoms with Gasteiger partial charge in [-0.2, -0.15) is 20.3 Å². The van der Waals surface area contributed by atoms with Crippen molar-refractivity contribution in [2.75, 3.05) is 0 Å². The largest absolute Gasteiger partial charge is 1.00 e. The van der Waals surface area contributed by atoms with Gasteiger partial charge in [-0.25, -0.2) is 0 Å². The van der Waals surface area contributed by atoms with Crippen molar-refractivity contribution >= 4 is 0 Å². The van der Waals surface area contributed by atoms with E-state index in [4.69, 9.17) is 0 Å². The Morgan fingerprint density at radius 2 is 1.50 bits per heavy atom. The first kappa shape index (κ1) is 9.78. The standard InChI is InChI=1S/C5H11.Li/c1-4-5(2)3;/h4H2,1-3H3;/q-1;+1. The van der Waals surface area contributed by atoms with Crippen LogP contribution >= 0.6 is 0 Å². The van der Waals surface area contributed by atoms with Gasteiger partial charge in [-0.05, 0) is 0 Å². The molecular weight excluding hydrogens is 67.0 g/mol. The minimum absolute atomic E-state index is 0. The molecular formula is C5H11Li. The van der Waals surface area contributed by atoms with Crippen LogP contribution in [0.3, 0.4) is 0 Å². The van der Waals surface area contributed by atoms with Crippen molar-refractivity contribution in [1.82, 2.24) is 0 Å². The summed E-state index contributed by atoms with van der Waals surface area (Å²) in [6.07, 6.45) is 1.22. The van der Waals surface area contributed by atoms with Gasteiger partial charge in [-0.15, -0.1) is 0 Å². The summed E-state index contributed by atoms with van der Waals surface area (Å²) in [5, 5.41) is 0. The van der Waals surface area contributed by atoms with Gasteiger partial charge in [-0.1, -0.05) is 6.92 Å². The fourth-order valence-electron chi connectivity index (χ4n) is 0. The zero-order valence-electron chi connectivity index (χ0n) is 5.21. The second-order valence-corrected chi connectivity index (χ2v) is 1.56. The van der Waals surface area contributed by atoms with Gasteiger partial charge in [0.2, 0.25) is 0 Å². The number of rotatable bonds is 1. The number of hydrogen-bond acceptors (Lipinski definition) is 0. The summed E-state index contributed by atoms with van der Waals surface area (Å²) in [6.45, 7) is 6.44. The molecule has 0 saturated heterocycles. The van der Waals surface area contributed by atoms with E-state index in [0.29, 0.717) is 0 Å². The predicted molar refractivity (Wildman–Crippen MR) is 24.9 cm³/mol. The van der Waals surface area contributed by atoms with Crippen molar-refractivity contribution in [3.63, 3.8) is 0 Å². The molecule has 0 aromatic heterocycles. The molecule has 0 unspecified atom stereocenters. The molecule has 0 rings (SSSR count). The van der Waals surface area contributed by atoms with Crippen LogP contribution in [-0.4, -0.2) is 0 Å². The molecule has 1 heteroatoms. The van der Waals surface area contributed by atoms with Crippen molar-refractivity contribution in [2.45, 2.75) is 27.2 Å². The van der Waals surface area contributed by atoms with E-state index in [1.165, 1.54) is 12.3 Å². The molecule has 0 atom stereocenters. The molecule has 0 heterocycles. The molecule has 6 heavy (non-hydrogen) atoms. The minimum atomic E-state index is 0. The summed E-state index contributed by atoms with van der Waals surface area (Å²) in [7, 11) is 0. The van der Waals surface area contributed by atoms with Gasteiger partial charge in [0.15, 0.2) is 0 Å². The molecule has 0 aromatic carbocycles. The SMILES string of the molecule is CC[C-](C)C.[Li+]. The molecule has 0 aromatic rings. The van der Waals surface area contributed by atoms with Gasteiger partial charge < -0.3 is 5.92 Å². The van der Waals surface area contributed by atoms with Crippen LogP contribution in [0, 0.1) is 5.92 Å². The van der Waals surface area contributed by atoms with E-state index >= 15 is 0 Å². The maximum Gasteiger partial charge on any atom is 1.00 e. The van der Waals surface area contributed by atoms with Gasteiger partial charge in [0.05, 0.1) is 0 Å². The molecule has 0 N–H and O–H groups in total. The first-order valence-corrected chi connectivity index (χ1v) is 2.06. The smallest absolute Gasteiger partial charge is 0.320 e. The topological polar surface area (TPSA) is 0 Å². The van der Waals surface area contributed by atoms with Crippen LogP contribution in [0.5, 0.6) is 0 Å². The Bertz CT molecular complexity index is 17.9. The second-order valence-electron chi connectivity index (χ2n) is 1.56. The summed E-state index contributed by atoms with van der Waals surface area (Å²) < 4.78 is 0. The fraction of sp³-hybridized carbons (Fsp3) is 0.800. The average molecular weight is 78.1 g/mol. The first-order chi connectivity index (χ1) is 2.27. The zero-order valence-corrected chi connectivity index (χ0v) is 5.21. The predicted octanol–water partition coefficient (Wildman–Crippen LogP) is -0.985. The third-order valence-corrected chi connectivity index (χ3v) is 0.707. The van der Waals surface area contributed by atoms with E-state index in [2.05, 4.69) is 20.8 Å². The van der Waals surface area contributed by atoms with Crippen LogP contribution in [-0.2, 0) is 0 Å². The molecule has 0 aliphatic rings. The molecule has 0 spiro atoms. The van der Waals surface area contributed by atoms with Crippen molar-refractivity contribution in [1.29, 1.82) is 0 Å². The van der Waals surface area contributed by atoms with E-state index in [9.17, 15) is 0 Å². The number of hydrogen-bond donors (Lipinski definition) is 0. The quantitative estimate of drug-likeness (QED) is 0.279. The minimum Gasteiger partial charge on any atom is -0.320 e.